The number of anilines is 2. The fourth-order valence-electron chi connectivity index (χ4n) is 2.00. The Kier molecular flexibility index (Phi) is 5.95. The van der Waals surface area contributed by atoms with Gasteiger partial charge in [0.15, 0.2) is 0 Å². The number of rotatable bonds is 6. The van der Waals surface area contributed by atoms with Gasteiger partial charge in [0.1, 0.15) is 11.6 Å². The maximum atomic E-state index is 11.9. The molecule has 2 rings (SSSR count). The van der Waals surface area contributed by atoms with Crippen LogP contribution in [0.5, 0.6) is 0 Å². The van der Waals surface area contributed by atoms with Gasteiger partial charge in [-0.2, -0.15) is 0 Å². The van der Waals surface area contributed by atoms with Gasteiger partial charge in [-0.05, 0) is 23.3 Å². The Labute approximate surface area is 142 Å². The molecule has 2 aromatic rings. The van der Waals surface area contributed by atoms with Crippen molar-refractivity contribution in [2.24, 2.45) is 0 Å². The molecule has 2 heterocycles. The highest BCUT2D eigenvalue weighted by atomic mass is 16.2. The summed E-state index contributed by atoms with van der Waals surface area (Å²) in [7, 11) is 7.75. The highest BCUT2D eigenvalue weighted by Gasteiger charge is 2.03. The molecule has 0 aromatic carbocycles. The summed E-state index contributed by atoms with van der Waals surface area (Å²) in [6.07, 6.45) is 3.53. The van der Waals surface area contributed by atoms with E-state index in [0.717, 1.165) is 22.8 Å². The van der Waals surface area contributed by atoms with Crippen molar-refractivity contribution in [1.29, 1.82) is 0 Å². The molecular weight excluding hydrogens is 304 g/mol. The maximum Gasteiger partial charge on any atom is 0.315 e. The maximum absolute atomic E-state index is 11.9. The molecule has 0 fully saturated rings. The van der Waals surface area contributed by atoms with Crippen LogP contribution in [0.25, 0.3) is 0 Å². The fourth-order valence-corrected chi connectivity index (χ4v) is 2.00. The van der Waals surface area contributed by atoms with Gasteiger partial charge >= 0.3 is 6.03 Å². The van der Waals surface area contributed by atoms with Crippen molar-refractivity contribution >= 4 is 17.7 Å². The summed E-state index contributed by atoms with van der Waals surface area (Å²) >= 11 is 0. The first-order valence-electron chi connectivity index (χ1n) is 7.72. The number of nitrogens with zero attached hydrogens (tertiary/aromatic N) is 4. The zero-order valence-electron chi connectivity index (χ0n) is 14.6. The molecule has 0 unspecified atom stereocenters. The van der Waals surface area contributed by atoms with Crippen LogP contribution < -0.4 is 20.4 Å². The summed E-state index contributed by atoms with van der Waals surface area (Å²) in [6, 6.07) is 7.53. The Morgan fingerprint density at radius 3 is 1.54 bits per heavy atom. The monoisotopic (exact) mass is 328 g/mol. The summed E-state index contributed by atoms with van der Waals surface area (Å²) in [5, 5.41) is 5.63. The molecule has 7 heteroatoms. The Morgan fingerprint density at radius 2 is 1.25 bits per heavy atom. The predicted molar refractivity (Wildman–Crippen MR) is 96.2 cm³/mol. The predicted octanol–water partition coefficient (Wildman–Crippen LogP) is 1.61. The Hall–Kier alpha value is -2.83. The molecule has 0 saturated heterocycles. The lowest BCUT2D eigenvalue weighted by Gasteiger charge is -2.12. The zero-order valence-corrected chi connectivity index (χ0v) is 14.6. The van der Waals surface area contributed by atoms with Crippen molar-refractivity contribution in [2.75, 3.05) is 38.0 Å². The molecule has 0 saturated carbocycles. The van der Waals surface area contributed by atoms with E-state index >= 15 is 0 Å². The molecule has 128 valence electrons. The van der Waals surface area contributed by atoms with Crippen LogP contribution in [-0.4, -0.2) is 44.2 Å². The fraction of sp³-hybridized carbons (Fsp3) is 0.353. The average molecular weight is 328 g/mol. The first-order valence-corrected chi connectivity index (χ1v) is 7.72. The lowest BCUT2D eigenvalue weighted by atomic mass is 10.2. The third kappa shape index (κ3) is 5.12. The van der Waals surface area contributed by atoms with Gasteiger partial charge in [-0.25, -0.2) is 14.8 Å². The van der Waals surface area contributed by atoms with Crippen LogP contribution in [0.3, 0.4) is 0 Å². The quantitative estimate of drug-likeness (QED) is 0.843. The Morgan fingerprint density at radius 1 is 0.833 bits per heavy atom. The van der Waals surface area contributed by atoms with Crippen LogP contribution in [0.1, 0.15) is 11.1 Å². The van der Waals surface area contributed by atoms with Crippen LogP contribution in [0.2, 0.25) is 0 Å². The van der Waals surface area contributed by atoms with E-state index in [1.54, 1.807) is 12.4 Å². The number of carbonyl (C=O) groups excluding carboxylic acids is 1. The molecule has 2 N–H and O–H groups in total. The van der Waals surface area contributed by atoms with E-state index in [9.17, 15) is 4.79 Å². The second-order valence-electron chi connectivity index (χ2n) is 5.87. The number of aromatic nitrogens is 2. The van der Waals surface area contributed by atoms with Gasteiger partial charge in [0.05, 0.1) is 0 Å². The number of hydrogen-bond donors (Lipinski definition) is 2. The average Bonchev–Trinajstić information content (AvgIpc) is 2.58. The normalized spacial score (nSPS) is 10.2. The molecule has 0 aliphatic heterocycles. The van der Waals surface area contributed by atoms with E-state index in [0.29, 0.717) is 13.1 Å². The van der Waals surface area contributed by atoms with Gasteiger partial charge in [-0.15, -0.1) is 0 Å². The molecule has 2 aromatic heterocycles. The Balaban J connectivity index is 1.76. The number of pyridine rings is 2. The number of amides is 2. The number of hydrogen-bond acceptors (Lipinski definition) is 5. The van der Waals surface area contributed by atoms with Crippen LogP contribution in [0.4, 0.5) is 16.4 Å². The second kappa shape index (κ2) is 8.14. The molecular formula is C17H24N6O. The molecule has 2 amide bonds. The van der Waals surface area contributed by atoms with Gasteiger partial charge in [-0.3, -0.25) is 0 Å². The Bertz CT molecular complexity index is 594. The lowest BCUT2D eigenvalue weighted by molar-refractivity contribution is 0.240. The lowest BCUT2D eigenvalue weighted by Crippen LogP contribution is -2.34. The van der Waals surface area contributed by atoms with Gasteiger partial charge < -0.3 is 20.4 Å². The topological polar surface area (TPSA) is 73.4 Å². The van der Waals surface area contributed by atoms with Gasteiger partial charge in [-0.1, -0.05) is 12.1 Å². The van der Waals surface area contributed by atoms with Gasteiger partial charge in [0.25, 0.3) is 0 Å². The summed E-state index contributed by atoms with van der Waals surface area (Å²) in [6.45, 7) is 0.870. The van der Waals surface area contributed by atoms with E-state index in [1.165, 1.54) is 0 Å². The van der Waals surface area contributed by atoms with E-state index in [1.807, 2.05) is 62.3 Å². The minimum Gasteiger partial charge on any atom is -0.363 e. The van der Waals surface area contributed by atoms with Crippen molar-refractivity contribution in [2.45, 2.75) is 13.1 Å². The van der Waals surface area contributed by atoms with Gasteiger partial charge in [0, 0.05) is 53.7 Å². The molecule has 0 aliphatic carbocycles. The van der Waals surface area contributed by atoms with E-state index in [4.69, 9.17) is 0 Å². The van der Waals surface area contributed by atoms with Crippen LogP contribution >= 0.6 is 0 Å². The van der Waals surface area contributed by atoms with Crippen molar-refractivity contribution in [3.05, 3.63) is 47.8 Å². The highest BCUT2D eigenvalue weighted by molar-refractivity contribution is 5.73. The summed E-state index contributed by atoms with van der Waals surface area (Å²) in [5.41, 5.74) is 1.90. The van der Waals surface area contributed by atoms with E-state index in [2.05, 4.69) is 20.6 Å². The van der Waals surface area contributed by atoms with Crippen LogP contribution in [-0.2, 0) is 13.1 Å². The third-order valence-corrected chi connectivity index (χ3v) is 3.44. The second-order valence-corrected chi connectivity index (χ2v) is 5.87. The van der Waals surface area contributed by atoms with Crippen LogP contribution in [0, 0.1) is 0 Å². The third-order valence-electron chi connectivity index (χ3n) is 3.44. The van der Waals surface area contributed by atoms with Crippen molar-refractivity contribution in [3.63, 3.8) is 0 Å². The smallest absolute Gasteiger partial charge is 0.315 e. The van der Waals surface area contributed by atoms with Crippen molar-refractivity contribution in [1.82, 2.24) is 20.6 Å². The number of carbonyl (C=O) groups is 1. The molecule has 0 aliphatic rings. The molecule has 0 spiro atoms. The van der Waals surface area contributed by atoms with E-state index in [-0.39, 0.29) is 6.03 Å². The summed E-state index contributed by atoms with van der Waals surface area (Å²) in [4.78, 5) is 24.3. The molecule has 0 radical (unpaired) electrons. The molecule has 7 nitrogen and oxygen atoms in total. The molecule has 0 atom stereocenters. The largest absolute Gasteiger partial charge is 0.363 e. The molecule has 0 bridgehead atoms. The minimum absolute atomic E-state index is 0.219. The number of nitrogens with one attached hydrogen (secondary N) is 2. The first kappa shape index (κ1) is 17.5. The van der Waals surface area contributed by atoms with Crippen LogP contribution in [0.15, 0.2) is 36.7 Å². The highest BCUT2D eigenvalue weighted by Crippen LogP contribution is 2.08. The standard InChI is InChI=1S/C17H24N6O/c1-22(2)15-7-5-13(9-18-15)11-20-17(24)21-12-14-6-8-16(19-10-14)23(3)4/h5-10H,11-12H2,1-4H3,(H2,20,21,24). The van der Waals surface area contributed by atoms with Gasteiger partial charge in [0.2, 0.25) is 0 Å². The molecule has 24 heavy (non-hydrogen) atoms. The zero-order chi connectivity index (χ0) is 17.5. The van der Waals surface area contributed by atoms with Crippen molar-refractivity contribution < 1.29 is 4.79 Å². The SMILES string of the molecule is CN(C)c1ccc(CNC(=O)NCc2ccc(N(C)C)nc2)cn1. The van der Waals surface area contributed by atoms with E-state index < -0.39 is 0 Å². The summed E-state index contributed by atoms with van der Waals surface area (Å²) in [5.74, 6) is 1.77. The number of urea groups is 1. The minimum atomic E-state index is -0.219. The first-order chi connectivity index (χ1) is 11.5. The van der Waals surface area contributed by atoms with Crippen molar-refractivity contribution in [3.8, 4) is 0 Å². The summed E-state index contributed by atoms with van der Waals surface area (Å²) < 4.78 is 0.